The Kier molecular flexibility index (Phi) is 4.02. The van der Waals surface area contributed by atoms with E-state index in [-0.39, 0.29) is 5.91 Å². The highest BCUT2D eigenvalue weighted by atomic mass is 16.1. The maximum atomic E-state index is 10.8. The predicted octanol–water partition coefficient (Wildman–Crippen LogP) is 2.32. The van der Waals surface area contributed by atoms with Crippen LogP contribution < -0.4 is 11.1 Å². The summed E-state index contributed by atoms with van der Waals surface area (Å²) in [6, 6.07) is 7.96. The molecule has 0 radical (unpaired) electrons. The Hall–Kier alpha value is -1.51. The number of benzene rings is 1. The summed E-state index contributed by atoms with van der Waals surface area (Å²) in [4.78, 5) is 10.8. The van der Waals surface area contributed by atoms with Crippen LogP contribution in [0.3, 0.4) is 0 Å². The van der Waals surface area contributed by atoms with Gasteiger partial charge in [0.2, 0.25) is 5.91 Å². The lowest BCUT2D eigenvalue weighted by atomic mass is 10.1. The predicted molar refractivity (Wildman–Crippen MR) is 69.8 cm³/mol. The lowest BCUT2D eigenvalue weighted by Gasteiger charge is -2.12. The van der Waals surface area contributed by atoms with Crippen LogP contribution in [-0.4, -0.2) is 12.5 Å². The van der Waals surface area contributed by atoms with Gasteiger partial charge in [0.15, 0.2) is 0 Å². The summed E-state index contributed by atoms with van der Waals surface area (Å²) in [5.74, 6) is 0.553. The topological polar surface area (TPSA) is 55.1 Å². The van der Waals surface area contributed by atoms with Crippen LogP contribution in [0.4, 0.5) is 5.69 Å². The van der Waals surface area contributed by atoms with Crippen LogP contribution in [0.25, 0.3) is 0 Å². The molecule has 0 aromatic heterocycles. The van der Waals surface area contributed by atoms with Gasteiger partial charge in [0.25, 0.3) is 0 Å². The highest BCUT2D eigenvalue weighted by Crippen LogP contribution is 2.25. The molecule has 0 saturated heterocycles. The number of carbonyl (C=O) groups excluding carboxylic acids is 1. The minimum absolute atomic E-state index is 0.281. The summed E-state index contributed by atoms with van der Waals surface area (Å²) < 4.78 is 0. The van der Waals surface area contributed by atoms with Gasteiger partial charge in [-0.2, -0.15) is 0 Å². The molecule has 3 N–H and O–H groups in total. The minimum Gasteiger partial charge on any atom is -0.385 e. The molecule has 1 aliphatic carbocycles. The van der Waals surface area contributed by atoms with Crippen molar-refractivity contribution in [2.24, 2.45) is 11.7 Å². The van der Waals surface area contributed by atoms with Crippen molar-refractivity contribution in [1.82, 2.24) is 0 Å². The Morgan fingerprint density at radius 1 is 1.24 bits per heavy atom. The molecule has 1 saturated carbocycles. The van der Waals surface area contributed by atoms with Crippen LogP contribution in [0.5, 0.6) is 0 Å². The maximum absolute atomic E-state index is 10.8. The van der Waals surface area contributed by atoms with E-state index < -0.39 is 0 Å². The molecule has 0 heterocycles. The number of amides is 1. The Bertz CT molecular complexity index is 366. The zero-order chi connectivity index (χ0) is 12.1. The number of anilines is 1. The summed E-state index contributed by atoms with van der Waals surface area (Å²) in [6.07, 6.45) is 5.79. The highest BCUT2D eigenvalue weighted by Gasteiger charge is 2.14. The van der Waals surface area contributed by atoms with E-state index in [0.29, 0.717) is 6.42 Å². The lowest BCUT2D eigenvalue weighted by molar-refractivity contribution is -0.117. The number of hydrogen-bond acceptors (Lipinski definition) is 2. The summed E-state index contributed by atoms with van der Waals surface area (Å²) >= 11 is 0. The van der Waals surface area contributed by atoms with Crippen molar-refractivity contribution in [3.63, 3.8) is 0 Å². The molecule has 1 fully saturated rings. The molecular formula is C14H20N2O. The number of rotatable bonds is 5. The molecular weight excluding hydrogens is 212 g/mol. The fourth-order valence-corrected chi connectivity index (χ4v) is 2.42. The van der Waals surface area contributed by atoms with Crippen molar-refractivity contribution in [2.75, 3.05) is 11.9 Å². The molecule has 3 nitrogen and oxygen atoms in total. The summed E-state index contributed by atoms with van der Waals surface area (Å²) in [6.45, 7) is 1.06. The van der Waals surface area contributed by atoms with E-state index in [1.807, 2.05) is 24.3 Å². The molecule has 0 unspecified atom stereocenters. The summed E-state index contributed by atoms with van der Waals surface area (Å²) in [5, 5.41) is 3.45. The molecule has 3 heteroatoms. The fourth-order valence-electron chi connectivity index (χ4n) is 2.42. The van der Waals surface area contributed by atoms with Gasteiger partial charge in [-0.25, -0.2) is 0 Å². The molecule has 0 spiro atoms. The number of primary amides is 1. The van der Waals surface area contributed by atoms with Crippen molar-refractivity contribution in [1.29, 1.82) is 0 Å². The first kappa shape index (κ1) is 12.0. The van der Waals surface area contributed by atoms with E-state index in [1.165, 1.54) is 25.7 Å². The second kappa shape index (κ2) is 5.71. The molecule has 1 aliphatic rings. The van der Waals surface area contributed by atoms with Gasteiger partial charge in [-0.05, 0) is 36.5 Å². The third-order valence-corrected chi connectivity index (χ3v) is 3.40. The normalized spacial score (nSPS) is 16.0. The number of hydrogen-bond donors (Lipinski definition) is 2. The molecule has 1 aromatic carbocycles. The van der Waals surface area contributed by atoms with E-state index in [2.05, 4.69) is 5.32 Å². The fraction of sp³-hybridized carbons (Fsp3) is 0.500. The first-order valence-electron chi connectivity index (χ1n) is 6.35. The van der Waals surface area contributed by atoms with E-state index in [4.69, 9.17) is 5.73 Å². The van der Waals surface area contributed by atoms with Gasteiger partial charge < -0.3 is 11.1 Å². The standard InChI is InChI=1S/C14H20N2O/c15-14(17)9-11-5-7-13(8-6-11)16-10-12-3-1-2-4-12/h5-8,12,16H,1-4,9-10H2,(H2,15,17). The average molecular weight is 232 g/mol. The lowest BCUT2D eigenvalue weighted by Crippen LogP contribution is -2.14. The molecule has 17 heavy (non-hydrogen) atoms. The minimum atomic E-state index is -0.281. The Balaban J connectivity index is 1.82. The van der Waals surface area contributed by atoms with Gasteiger partial charge in [-0.3, -0.25) is 4.79 Å². The molecule has 92 valence electrons. The quantitative estimate of drug-likeness (QED) is 0.818. The smallest absolute Gasteiger partial charge is 0.221 e. The third-order valence-electron chi connectivity index (χ3n) is 3.40. The molecule has 0 aliphatic heterocycles. The first-order chi connectivity index (χ1) is 8.24. The zero-order valence-electron chi connectivity index (χ0n) is 10.1. The van der Waals surface area contributed by atoms with E-state index in [9.17, 15) is 4.79 Å². The van der Waals surface area contributed by atoms with E-state index >= 15 is 0 Å². The molecule has 0 bridgehead atoms. The SMILES string of the molecule is NC(=O)Cc1ccc(NCC2CCCC2)cc1. The number of carbonyl (C=O) groups is 1. The monoisotopic (exact) mass is 232 g/mol. The van der Waals surface area contributed by atoms with Crippen molar-refractivity contribution in [2.45, 2.75) is 32.1 Å². The number of nitrogens with one attached hydrogen (secondary N) is 1. The molecule has 1 aromatic rings. The van der Waals surface area contributed by atoms with Gasteiger partial charge in [0.05, 0.1) is 6.42 Å². The first-order valence-corrected chi connectivity index (χ1v) is 6.35. The van der Waals surface area contributed by atoms with Crippen LogP contribution in [0.15, 0.2) is 24.3 Å². The van der Waals surface area contributed by atoms with E-state index in [1.54, 1.807) is 0 Å². The second-order valence-electron chi connectivity index (χ2n) is 4.87. The van der Waals surface area contributed by atoms with Crippen molar-refractivity contribution < 1.29 is 4.79 Å². The maximum Gasteiger partial charge on any atom is 0.221 e. The third kappa shape index (κ3) is 3.77. The van der Waals surface area contributed by atoms with Crippen LogP contribution in [0.2, 0.25) is 0 Å². The van der Waals surface area contributed by atoms with Crippen LogP contribution >= 0.6 is 0 Å². The van der Waals surface area contributed by atoms with Gasteiger partial charge >= 0.3 is 0 Å². The van der Waals surface area contributed by atoms with Crippen molar-refractivity contribution in [3.8, 4) is 0 Å². The molecule has 2 rings (SSSR count). The Labute approximate surface area is 102 Å². The average Bonchev–Trinajstić information content (AvgIpc) is 2.80. The van der Waals surface area contributed by atoms with E-state index in [0.717, 1.165) is 23.7 Å². The van der Waals surface area contributed by atoms with Crippen LogP contribution in [0.1, 0.15) is 31.2 Å². The zero-order valence-corrected chi connectivity index (χ0v) is 10.1. The summed E-state index contributed by atoms with van der Waals surface area (Å²) in [7, 11) is 0. The van der Waals surface area contributed by atoms with Gasteiger partial charge in [-0.1, -0.05) is 25.0 Å². The largest absolute Gasteiger partial charge is 0.385 e. The Morgan fingerprint density at radius 2 is 1.88 bits per heavy atom. The highest BCUT2D eigenvalue weighted by molar-refractivity contribution is 5.76. The summed E-state index contributed by atoms with van der Waals surface area (Å²) in [5.41, 5.74) is 7.25. The van der Waals surface area contributed by atoms with Crippen LogP contribution in [0, 0.1) is 5.92 Å². The second-order valence-corrected chi connectivity index (χ2v) is 4.87. The van der Waals surface area contributed by atoms with Crippen molar-refractivity contribution >= 4 is 11.6 Å². The Morgan fingerprint density at radius 3 is 2.47 bits per heavy atom. The van der Waals surface area contributed by atoms with Gasteiger partial charge in [-0.15, -0.1) is 0 Å². The number of nitrogens with two attached hydrogens (primary N) is 1. The van der Waals surface area contributed by atoms with Crippen molar-refractivity contribution in [3.05, 3.63) is 29.8 Å². The molecule has 1 amide bonds. The molecule has 0 atom stereocenters. The van der Waals surface area contributed by atoms with Crippen LogP contribution in [-0.2, 0) is 11.2 Å². The van der Waals surface area contributed by atoms with Gasteiger partial charge in [0, 0.05) is 12.2 Å². The van der Waals surface area contributed by atoms with Gasteiger partial charge in [0.1, 0.15) is 0 Å².